The highest BCUT2D eigenvalue weighted by Crippen LogP contribution is 2.34. The molecule has 1 aromatic carbocycles. The molecule has 0 bridgehead atoms. The average molecular weight is 285 g/mol. The molecule has 98 valence electrons. The standard InChI is InChI=1S/C13H16N2OS.ClH/c14-9-5-7-10(8-6-9)17-13-15-11-3-1-2-4-12(11)16-13;/h1-4,9-10H,5-8,14H2;1H. The average Bonchev–Trinajstić information content (AvgIpc) is 2.74. The van der Waals surface area contributed by atoms with Crippen LogP contribution in [0.15, 0.2) is 33.9 Å². The lowest BCUT2D eigenvalue weighted by Crippen LogP contribution is -2.27. The molecule has 0 aliphatic heterocycles. The van der Waals surface area contributed by atoms with Crippen LogP contribution in [-0.4, -0.2) is 16.3 Å². The van der Waals surface area contributed by atoms with E-state index in [1.807, 2.05) is 24.3 Å². The lowest BCUT2D eigenvalue weighted by Gasteiger charge is -2.24. The number of nitrogens with zero attached hydrogens (tertiary/aromatic N) is 1. The van der Waals surface area contributed by atoms with Crippen LogP contribution >= 0.6 is 24.2 Å². The van der Waals surface area contributed by atoms with Crippen LogP contribution in [0.4, 0.5) is 0 Å². The van der Waals surface area contributed by atoms with Crippen LogP contribution in [0.3, 0.4) is 0 Å². The molecule has 1 heterocycles. The van der Waals surface area contributed by atoms with Crippen molar-refractivity contribution >= 4 is 35.3 Å². The first-order valence-corrected chi connectivity index (χ1v) is 6.97. The summed E-state index contributed by atoms with van der Waals surface area (Å²) < 4.78 is 5.72. The van der Waals surface area contributed by atoms with Gasteiger partial charge in [0.2, 0.25) is 0 Å². The molecule has 1 aromatic heterocycles. The van der Waals surface area contributed by atoms with Gasteiger partial charge in [0.1, 0.15) is 5.52 Å². The van der Waals surface area contributed by atoms with Crippen molar-refractivity contribution in [3.05, 3.63) is 24.3 Å². The zero-order valence-electron chi connectivity index (χ0n) is 10.0. The molecule has 1 aliphatic carbocycles. The molecule has 3 rings (SSSR count). The van der Waals surface area contributed by atoms with Crippen molar-refractivity contribution in [2.45, 2.75) is 42.2 Å². The second-order valence-electron chi connectivity index (χ2n) is 4.60. The molecule has 5 heteroatoms. The molecule has 0 amide bonds. The first kappa shape index (κ1) is 13.7. The molecular formula is C13H17ClN2OS. The highest BCUT2D eigenvalue weighted by molar-refractivity contribution is 7.99. The van der Waals surface area contributed by atoms with Crippen molar-refractivity contribution < 1.29 is 4.42 Å². The molecular weight excluding hydrogens is 268 g/mol. The zero-order chi connectivity index (χ0) is 11.7. The van der Waals surface area contributed by atoms with E-state index in [1.54, 1.807) is 11.8 Å². The van der Waals surface area contributed by atoms with Crippen LogP contribution in [0, 0.1) is 0 Å². The predicted molar refractivity (Wildman–Crippen MR) is 77.3 cm³/mol. The maximum absolute atomic E-state index is 5.90. The second kappa shape index (κ2) is 5.95. The van der Waals surface area contributed by atoms with Crippen molar-refractivity contribution in [3.8, 4) is 0 Å². The van der Waals surface area contributed by atoms with E-state index in [0.717, 1.165) is 29.2 Å². The van der Waals surface area contributed by atoms with E-state index in [1.165, 1.54) is 12.8 Å². The maximum atomic E-state index is 5.90. The van der Waals surface area contributed by atoms with Crippen LogP contribution in [-0.2, 0) is 0 Å². The molecule has 2 aromatic rings. The minimum absolute atomic E-state index is 0. The smallest absolute Gasteiger partial charge is 0.257 e. The summed E-state index contributed by atoms with van der Waals surface area (Å²) in [6.45, 7) is 0. The molecule has 18 heavy (non-hydrogen) atoms. The van der Waals surface area contributed by atoms with E-state index in [4.69, 9.17) is 10.2 Å². The summed E-state index contributed by atoms with van der Waals surface area (Å²) in [5.74, 6) is 0. The van der Waals surface area contributed by atoms with Crippen LogP contribution in [0.1, 0.15) is 25.7 Å². The van der Waals surface area contributed by atoms with Gasteiger partial charge in [-0.1, -0.05) is 23.9 Å². The second-order valence-corrected chi connectivity index (χ2v) is 5.85. The highest BCUT2D eigenvalue weighted by atomic mass is 35.5. The Bertz CT molecular complexity index is 475. The summed E-state index contributed by atoms with van der Waals surface area (Å²) in [5, 5.41) is 1.41. The normalized spacial score (nSPS) is 23.8. The van der Waals surface area contributed by atoms with Crippen molar-refractivity contribution in [2.24, 2.45) is 5.73 Å². The molecule has 1 aliphatic rings. The number of hydrogen-bond acceptors (Lipinski definition) is 4. The number of benzene rings is 1. The molecule has 2 N–H and O–H groups in total. The van der Waals surface area contributed by atoms with E-state index in [-0.39, 0.29) is 12.4 Å². The number of para-hydroxylation sites is 2. The van der Waals surface area contributed by atoms with E-state index in [9.17, 15) is 0 Å². The van der Waals surface area contributed by atoms with Gasteiger partial charge in [0.05, 0.1) is 0 Å². The fraction of sp³-hybridized carbons (Fsp3) is 0.462. The Balaban J connectivity index is 0.00000120. The minimum atomic E-state index is 0. The van der Waals surface area contributed by atoms with Crippen LogP contribution in [0.5, 0.6) is 0 Å². The summed E-state index contributed by atoms with van der Waals surface area (Å²) in [4.78, 5) is 4.49. The largest absolute Gasteiger partial charge is 0.431 e. The Hall–Kier alpha value is -0.710. The molecule has 1 fully saturated rings. The van der Waals surface area contributed by atoms with Gasteiger partial charge < -0.3 is 10.2 Å². The number of rotatable bonds is 2. The summed E-state index contributed by atoms with van der Waals surface area (Å²) in [6, 6.07) is 8.30. The Morgan fingerprint density at radius 2 is 1.89 bits per heavy atom. The van der Waals surface area contributed by atoms with E-state index in [2.05, 4.69) is 4.98 Å². The molecule has 0 spiro atoms. The third-order valence-corrected chi connectivity index (χ3v) is 4.44. The van der Waals surface area contributed by atoms with E-state index >= 15 is 0 Å². The number of nitrogens with two attached hydrogens (primary N) is 1. The Labute approximate surface area is 117 Å². The molecule has 0 unspecified atom stereocenters. The monoisotopic (exact) mass is 284 g/mol. The Morgan fingerprint density at radius 3 is 2.61 bits per heavy atom. The lowest BCUT2D eigenvalue weighted by atomic mass is 9.96. The fourth-order valence-electron chi connectivity index (χ4n) is 2.25. The van der Waals surface area contributed by atoms with Gasteiger partial charge in [0, 0.05) is 11.3 Å². The van der Waals surface area contributed by atoms with E-state index < -0.39 is 0 Å². The number of hydrogen-bond donors (Lipinski definition) is 1. The minimum Gasteiger partial charge on any atom is -0.431 e. The van der Waals surface area contributed by atoms with Gasteiger partial charge in [0.15, 0.2) is 5.58 Å². The number of aromatic nitrogens is 1. The van der Waals surface area contributed by atoms with Gasteiger partial charge in [-0.25, -0.2) is 4.98 Å². The summed E-state index contributed by atoms with van der Waals surface area (Å²) in [5.41, 5.74) is 7.73. The maximum Gasteiger partial charge on any atom is 0.257 e. The first-order chi connectivity index (χ1) is 8.31. The first-order valence-electron chi connectivity index (χ1n) is 6.09. The third kappa shape index (κ3) is 2.99. The molecule has 0 atom stereocenters. The number of thioether (sulfide) groups is 1. The van der Waals surface area contributed by atoms with Crippen molar-refractivity contribution in [1.29, 1.82) is 0 Å². The van der Waals surface area contributed by atoms with Gasteiger partial charge in [0.25, 0.3) is 5.22 Å². The lowest BCUT2D eigenvalue weighted by molar-refractivity contribution is 0.442. The van der Waals surface area contributed by atoms with Crippen molar-refractivity contribution in [2.75, 3.05) is 0 Å². The van der Waals surface area contributed by atoms with Gasteiger partial charge in [-0.15, -0.1) is 12.4 Å². The van der Waals surface area contributed by atoms with Gasteiger partial charge in [-0.05, 0) is 37.8 Å². The van der Waals surface area contributed by atoms with Gasteiger partial charge >= 0.3 is 0 Å². The Morgan fingerprint density at radius 1 is 1.17 bits per heavy atom. The number of oxazole rings is 1. The van der Waals surface area contributed by atoms with E-state index in [0.29, 0.717) is 11.3 Å². The van der Waals surface area contributed by atoms with Crippen LogP contribution in [0.25, 0.3) is 11.1 Å². The quantitative estimate of drug-likeness (QED) is 0.915. The summed E-state index contributed by atoms with van der Waals surface area (Å²) in [7, 11) is 0. The summed E-state index contributed by atoms with van der Waals surface area (Å²) in [6.07, 6.45) is 4.59. The Kier molecular flexibility index (Phi) is 4.54. The summed E-state index contributed by atoms with van der Waals surface area (Å²) >= 11 is 1.76. The van der Waals surface area contributed by atoms with Gasteiger partial charge in [-0.2, -0.15) is 0 Å². The third-order valence-electron chi connectivity index (χ3n) is 3.26. The SMILES string of the molecule is Cl.NC1CCC(Sc2nc3ccccc3o2)CC1. The predicted octanol–water partition coefficient (Wildman–Crippen LogP) is 3.61. The van der Waals surface area contributed by atoms with Crippen molar-refractivity contribution in [3.63, 3.8) is 0 Å². The molecule has 0 radical (unpaired) electrons. The molecule has 1 saturated carbocycles. The van der Waals surface area contributed by atoms with Crippen LogP contribution < -0.4 is 5.73 Å². The topological polar surface area (TPSA) is 52.0 Å². The fourth-order valence-corrected chi connectivity index (χ4v) is 3.33. The number of halogens is 1. The molecule has 0 saturated heterocycles. The van der Waals surface area contributed by atoms with Crippen molar-refractivity contribution in [1.82, 2.24) is 4.98 Å². The van der Waals surface area contributed by atoms with Crippen LogP contribution in [0.2, 0.25) is 0 Å². The zero-order valence-corrected chi connectivity index (χ0v) is 11.7. The highest BCUT2D eigenvalue weighted by Gasteiger charge is 2.21. The number of fused-ring (bicyclic) bond motifs is 1. The molecule has 3 nitrogen and oxygen atoms in total. The van der Waals surface area contributed by atoms with Gasteiger partial charge in [-0.3, -0.25) is 0 Å².